The van der Waals surface area contributed by atoms with Gasteiger partial charge in [0.05, 0.1) is 35.7 Å². The molecule has 3 saturated heterocycles. The molecule has 31 heavy (non-hydrogen) atoms. The molecule has 160 valence electrons. The van der Waals surface area contributed by atoms with Crippen LogP contribution in [0.25, 0.3) is 0 Å². The number of halogens is 2. The van der Waals surface area contributed by atoms with Crippen LogP contribution in [0.5, 0.6) is 5.75 Å². The van der Waals surface area contributed by atoms with E-state index in [-0.39, 0.29) is 28.7 Å². The van der Waals surface area contributed by atoms with E-state index in [9.17, 15) is 14.4 Å². The molecule has 8 heteroatoms. The molecule has 6 nitrogen and oxygen atoms in total. The second-order valence-electron chi connectivity index (χ2n) is 8.14. The number of ketones is 1. The number of Topliss-reactive ketones (excluding diaryl/α,β-unsaturated/α-hetero) is 1. The van der Waals surface area contributed by atoms with Gasteiger partial charge < -0.3 is 4.74 Å². The van der Waals surface area contributed by atoms with Gasteiger partial charge >= 0.3 is 0 Å². The van der Waals surface area contributed by atoms with Crippen LogP contribution in [0, 0.1) is 11.8 Å². The van der Waals surface area contributed by atoms with Crippen LogP contribution in [0.4, 0.5) is 5.69 Å². The summed E-state index contributed by atoms with van der Waals surface area (Å²) in [5, 5.41) is 0.683. The molecule has 2 amide bonds. The minimum Gasteiger partial charge on any atom is -0.497 e. The zero-order valence-electron chi connectivity index (χ0n) is 16.8. The maximum atomic E-state index is 13.6. The van der Waals surface area contributed by atoms with E-state index >= 15 is 0 Å². The highest BCUT2D eigenvalue weighted by Gasteiger charge is 2.64. The Balaban J connectivity index is 1.54. The van der Waals surface area contributed by atoms with Crippen molar-refractivity contribution < 1.29 is 19.1 Å². The van der Waals surface area contributed by atoms with Crippen LogP contribution >= 0.6 is 23.2 Å². The fourth-order valence-corrected chi connectivity index (χ4v) is 5.85. The fraction of sp³-hybridized carbons (Fsp3) is 0.348. The first-order valence-corrected chi connectivity index (χ1v) is 10.9. The van der Waals surface area contributed by atoms with Crippen molar-refractivity contribution in [2.75, 3.05) is 18.6 Å². The average molecular weight is 459 g/mol. The van der Waals surface area contributed by atoms with E-state index in [1.54, 1.807) is 43.5 Å². The molecule has 3 aliphatic rings. The van der Waals surface area contributed by atoms with Crippen LogP contribution in [-0.2, 0) is 9.59 Å². The van der Waals surface area contributed by atoms with Crippen molar-refractivity contribution in [1.29, 1.82) is 0 Å². The molecule has 2 aromatic carbocycles. The smallest absolute Gasteiger partial charge is 0.239 e. The molecule has 0 spiro atoms. The monoisotopic (exact) mass is 458 g/mol. The zero-order valence-corrected chi connectivity index (χ0v) is 18.3. The normalized spacial score (nSPS) is 27.5. The first kappa shape index (κ1) is 20.5. The second kappa shape index (κ2) is 7.62. The van der Waals surface area contributed by atoms with E-state index in [1.807, 2.05) is 4.90 Å². The SMILES string of the molecule is COc1ccc(N2C(=O)C3C(C2=O)C(C(=O)c2ccc(Cl)cc2Cl)N2CCCC32)cc1. The molecule has 4 atom stereocenters. The molecule has 3 aliphatic heterocycles. The van der Waals surface area contributed by atoms with Gasteiger partial charge in [-0.1, -0.05) is 23.2 Å². The Morgan fingerprint density at radius 3 is 2.42 bits per heavy atom. The molecule has 0 bridgehead atoms. The van der Waals surface area contributed by atoms with Crippen LogP contribution in [-0.4, -0.2) is 48.2 Å². The van der Waals surface area contributed by atoms with Gasteiger partial charge in [0, 0.05) is 16.6 Å². The lowest BCUT2D eigenvalue weighted by molar-refractivity contribution is -0.123. The highest BCUT2D eigenvalue weighted by Crippen LogP contribution is 2.49. The second-order valence-corrected chi connectivity index (χ2v) is 8.99. The van der Waals surface area contributed by atoms with Crippen molar-refractivity contribution in [3.8, 4) is 5.75 Å². The Kier molecular flexibility index (Phi) is 5.04. The van der Waals surface area contributed by atoms with Crippen LogP contribution in [0.1, 0.15) is 23.2 Å². The summed E-state index contributed by atoms with van der Waals surface area (Å²) >= 11 is 12.3. The van der Waals surface area contributed by atoms with Crippen LogP contribution < -0.4 is 9.64 Å². The molecule has 0 aliphatic carbocycles. The molecular weight excluding hydrogens is 439 g/mol. The van der Waals surface area contributed by atoms with Gasteiger partial charge in [-0.15, -0.1) is 0 Å². The molecule has 2 aromatic rings. The number of hydrogen-bond donors (Lipinski definition) is 0. The fourth-order valence-electron chi connectivity index (χ4n) is 5.35. The van der Waals surface area contributed by atoms with Crippen molar-refractivity contribution in [3.63, 3.8) is 0 Å². The third-order valence-corrected chi connectivity index (χ3v) is 7.20. The number of imide groups is 1. The van der Waals surface area contributed by atoms with Gasteiger partial charge in [-0.2, -0.15) is 0 Å². The van der Waals surface area contributed by atoms with E-state index in [2.05, 4.69) is 0 Å². The Bertz CT molecular complexity index is 1090. The predicted octanol–water partition coefficient (Wildman–Crippen LogP) is 3.84. The van der Waals surface area contributed by atoms with Gasteiger partial charge in [-0.3, -0.25) is 19.3 Å². The number of carbonyl (C=O) groups excluding carboxylic acids is 3. The van der Waals surface area contributed by atoms with Gasteiger partial charge in [0.1, 0.15) is 5.75 Å². The highest BCUT2D eigenvalue weighted by atomic mass is 35.5. The summed E-state index contributed by atoms with van der Waals surface area (Å²) in [6.45, 7) is 0.683. The summed E-state index contributed by atoms with van der Waals surface area (Å²) in [5.74, 6) is -1.43. The van der Waals surface area contributed by atoms with Crippen molar-refractivity contribution >= 4 is 46.5 Å². The number of hydrogen-bond acceptors (Lipinski definition) is 5. The van der Waals surface area contributed by atoms with Gasteiger partial charge in [0.2, 0.25) is 11.8 Å². The first-order chi connectivity index (χ1) is 14.9. The highest BCUT2D eigenvalue weighted by molar-refractivity contribution is 6.37. The maximum Gasteiger partial charge on any atom is 0.239 e. The molecule has 4 unspecified atom stereocenters. The zero-order chi connectivity index (χ0) is 21.9. The summed E-state index contributed by atoms with van der Waals surface area (Å²) in [6.07, 6.45) is 1.67. The van der Waals surface area contributed by atoms with E-state index in [4.69, 9.17) is 27.9 Å². The number of ether oxygens (including phenoxy) is 1. The summed E-state index contributed by atoms with van der Waals surface area (Å²) in [7, 11) is 1.55. The quantitative estimate of drug-likeness (QED) is 0.514. The van der Waals surface area contributed by atoms with E-state index in [0.29, 0.717) is 28.6 Å². The van der Waals surface area contributed by atoms with E-state index in [0.717, 1.165) is 12.8 Å². The van der Waals surface area contributed by atoms with Crippen molar-refractivity contribution in [3.05, 3.63) is 58.1 Å². The van der Waals surface area contributed by atoms with Gasteiger partial charge in [-0.25, -0.2) is 4.90 Å². The largest absolute Gasteiger partial charge is 0.497 e. The van der Waals surface area contributed by atoms with Gasteiger partial charge in [-0.05, 0) is 61.9 Å². The van der Waals surface area contributed by atoms with E-state index < -0.39 is 17.9 Å². The molecule has 0 N–H and O–H groups in total. The lowest BCUT2D eigenvalue weighted by Gasteiger charge is -2.27. The summed E-state index contributed by atoms with van der Waals surface area (Å²) < 4.78 is 5.17. The van der Waals surface area contributed by atoms with Crippen molar-refractivity contribution in [2.45, 2.75) is 24.9 Å². The Labute approximate surface area is 189 Å². The standard InChI is InChI=1S/C23H20Cl2N2O4/c1-31-14-7-5-13(6-8-14)27-22(29)18-17-3-2-10-26(17)20(19(18)23(27)30)21(28)15-9-4-12(24)11-16(15)25/h4-9,11,17-20H,2-3,10H2,1H3. The van der Waals surface area contributed by atoms with Crippen LogP contribution in [0.3, 0.4) is 0 Å². The Hall–Kier alpha value is -2.41. The summed E-state index contributed by atoms with van der Waals surface area (Å²) in [4.78, 5) is 43.8. The molecule has 0 saturated carbocycles. The van der Waals surface area contributed by atoms with Crippen LogP contribution in [0.2, 0.25) is 10.0 Å². The molecule has 3 fully saturated rings. The summed E-state index contributed by atoms with van der Waals surface area (Å²) in [5.41, 5.74) is 0.816. The predicted molar refractivity (Wildman–Crippen MR) is 117 cm³/mol. The molecular formula is C23H20Cl2N2O4. The average Bonchev–Trinajstić information content (AvgIpc) is 3.40. The number of nitrogens with zero attached hydrogens (tertiary/aromatic N) is 2. The van der Waals surface area contributed by atoms with Gasteiger partial charge in [0.25, 0.3) is 0 Å². The minimum atomic E-state index is -0.723. The number of anilines is 1. The van der Waals surface area contributed by atoms with Crippen molar-refractivity contribution in [2.24, 2.45) is 11.8 Å². The Morgan fingerprint density at radius 1 is 1.03 bits per heavy atom. The number of methoxy groups -OCH3 is 1. The van der Waals surface area contributed by atoms with Crippen molar-refractivity contribution in [1.82, 2.24) is 4.90 Å². The number of carbonyl (C=O) groups is 3. The first-order valence-electron chi connectivity index (χ1n) is 10.2. The topological polar surface area (TPSA) is 66.9 Å². The van der Waals surface area contributed by atoms with Gasteiger partial charge in [0.15, 0.2) is 5.78 Å². The number of benzene rings is 2. The number of fused-ring (bicyclic) bond motifs is 3. The molecule has 0 aromatic heterocycles. The third-order valence-electron chi connectivity index (χ3n) is 6.65. The molecule has 0 radical (unpaired) electrons. The van der Waals surface area contributed by atoms with E-state index in [1.165, 1.54) is 11.0 Å². The summed E-state index contributed by atoms with van der Waals surface area (Å²) in [6, 6.07) is 10.7. The lowest BCUT2D eigenvalue weighted by atomic mass is 9.85. The number of amides is 2. The maximum absolute atomic E-state index is 13.6. The lowest BCUT2D eigenvalue weighted by Crippen LogP contribution is -2.46. The minimum absolute atomic E-state index is 0.121. The Morgan fingerprint density at radius 2 is 1.74 bits per heavy atom. The number of rotatable bonds is 4. The molecule has 3 heterocycles. The third kappa shape index (κ3) is 3.08. The molecule has 5 rings (SSSR count). The van der Waals surface area contributed by atoms with Crippen LogP contribution in [0.15, 0.2) is 42.5 Å².